The third kappa shape index (κ3) is 3.55. The fourth-order valence-corrected chi connectivity index (χ4v) is 0.505. The topological polar surface area (TPSA) is 77.8 Å². The first-order chi connectivity index (χ1) is 4.48. The highest BCUT2D eigenvalue weighted by molar-refractivity contribution is 5.83. The molecule has 0 aromatic rings. The third-order valence-electron chi connectivity index (χ3n) is 1.13. The fourth-order valence-electron chi connectivity index (χ4n) is 0.505. The Balaban J connectivity index is 3.64. The van der Waals surface area contributed by atoms with Gasteiger partial charge in [0.1, 0.15) is 0 Å². The lowest BCUT2D eigenvalue weighted by molar-refractivity contribution is -0.287. The van der Waals surface area contributed by atoms with Crippen molar-refractivity contribution >= 4 is 5.78 Å². The normalized spacial score (nSPS) is 11.6. The summed E-state index contributed by atoms with van der Waals surface area (Å²) >= 11 is 0. The minimum atomic E-state index is -3.13. The van der Waals surface area contributed by atoms with Crippen molar-refractivity contribution in [3.63, 3.8) is 0 Å². The molecule has 4 nitrogen and oxygen atoms in total. The fraction of sp³-hybridized carbons (Fsp3) is 0.833. The van der Waals surface area contributed by atoms with Gasteiger partial charge in [0, 0.05) is 6.42 Å². The third-order valence-corrected chi connectivity index (χ3v) is 1.13. The van der Waals surface area contributed by atoms with Gasteiger partial charge in [0.2, 0.25) is 5.78 Å². The number of carbonyl (C=O) groups is 1. The van der Waals surface area contributed by atoms with Crippen LogP contribution in [0.15, 0.2) is 0 Å². The van der Waals surface area contributed by atoms with Crippen LogP contribution < -0.4 is 0 Å². The van der Waals surface area contributed by atoms with E-state index in [2.05, 4.69) is 0 Å². The van der Waals surface area contributed by atoms with Gasteiger partial charge in [-0.1, -0.05) is 13.3 Å². The van der Waals surface area contributed by atoms with Crippen LogP contribution in [0.3, 0.4) is 0 Å². The molecule has 0 aliphatic heterocycles. The van der Waals surface area contributed by atoms with Gasteiger partial charge in [-0.15, -0.1) is 0 Å². The SMILES string of the molecule is CCCCC(=O)C(O)(O)O. The van der Waals surface area contributed by atoms with Gasteiger partial charge in [-0.05, 0) is 6.42 Å². The summed E-state index contributed by atoms with van der Waals surface area (Å²) in [6.07, 6.45) is 1.34. The highest BCUT2D eigenvalue weighted by atomic mass is 16.7. The summed E-state index contributed by atoms with van der Waals surface area (Å²) in [4.78, 5) is 10.5. The summed E-state index contributed by atoms with van der Waals surface area (Å²) in [6.45, 7) is 1.86. The average Bonchev–Trinajstić information content (AvgIpc) is 1.80. The van der Waals surface area contributed by atoms with E-state index in [-0.39, 0.29) is 6.42 Å². The largest absolute Gasteiger partial charge is 0.339 e. The summed E-state index contributed by atoms with van der Waals surface area (Å²) in [5, 5.41) is 24.8. The minimum Gasteiger partial charge on any atom is -0.337 e. The zero-order valence-electron chi connectivity index (χ0n) is 5.87. The van der Waals surface area contributed by atoms with Crippen LogP contribution in [0.25, 0.3) is 0 Å². The zero-order valence-corrected chi connectivity index (χ0v) is 5.87. The van der Waals surface area contributed by atoms with Crippen LogP contribution in [0.2, 0.25) is 0 Å². The molecule has 0 aromatic carbocycles. The van der Waals surface area contributed by atoms with E-state index in [4.69, 9.17) is 15.3 Å². The maximum Gasteiger partial charge on any atom is 0.339 e. The van der Waals surface area contributed by atoms with Gasteiger partial charge in [-0.25, -0.2) is 0 Å². The van der Waals surface area contributed by atoms with Gasteiger partial charge < -0.3 is 15.3 Å². The summed E-state index contributed by atoms with van der Waals surface area (Å²) in [6, 6.07) is 0. The van der Waals surface area contributed by atoms with Crippen LogP contribution in [-0.2, 0) is 4.79 Å². The predicted molar refractivity (Wildman–Crippen MR) is 33.9 cm³/mol. The molecule has 4 heteroatoms. The predicted octanol–water partition coefficient (Wildman–Crippen LogP) is -0.624. The van der Waals surface area contributed by atoms with E-state index in [9.17, 15) is 4.79 Å². The molecule has 0 atom stereocenters. The van der Waals surface area contributed by atoms with Crippen LogP contribution in [0, 0.1) is 0 Å². The Bertz CT molecular complexity index is 113. The van der Waals surface area contributed by atoms with Crippen molar-refractivity contribution in [1.29, 1.82) is 0 Å². The second kappa shape index (κ2) is 3.65. The van der Waals surface area contributed by atoms with Gasteiger partial charge >= 0.3 is 5.97 Å². The van der Waals surface area contributed by atoms with Crippen LogP contribution in [-0.4, -0.2) is 27.1 Å². The standard InChI is InChI=1S/C6H12O4/c1-2-3-4-5(7)6(8,9)10/h8-10H,2-4H2,1H3. The summed E-state index contributed by atoms with van der Waals surface area (Å²) in [5.41, 5.74) is 0. The first-order valence-corrected chi connectivity index (χ1v) is 3.19. The van der Waals surface area contributed by atoms with Crippen LogP contribution in [0.4, 0.5) is 0 Å². The lowest BCUT2D eigenvalue weighted by atomic mass is 10.1. The van der Waals surface area contributed by atoms with E-state index >= 15 is 0 Å². The van der Waals surface area contributed by atoms with E-state index in [0.29, 0.717) is 6.42 Å². The maximum absolute atomic E-state index is 10.5. The molecule has 10 heavy (non-hydrogen) atoms. The summed E-state index contributed by atoms with van der Waals surface area (Å²) < 4.78 is 0. The molecule has 3 N–H and O–H groups in total. The monoisotopic (exact) mass is 148 g/mol. The number of unbranched alkanes of at least 4 members (excludes halogenated alkanes) is 1. The first kappa shape index (κ1) is 9.55. The molecule has 0 heterocycles. The molecule has 0 spiro atoms. The van der Waals surface area contributed by atoms with Crippen LogP contribution in [0.5, 0.6) is 0 Å². The Hall–Kier alpha value is -0.450. The number of carbonyl (C=O) groups excluding carboxylic acids is 1. The zero-order chi connectivity index (χ0) is 8.20. The lowest BCUT2D eigenvalue weighted by Crippen LogP contribution is -2.37. The second-order valence-corrected chi connectivity index (χ2v) is 2.16. The minimum absolute atomic E-state index is 0. The van der Waals surface area contributed by atoms with Crippen LogP contribution in [0.1, 0.15) is 26.2 Å². The van der Waals surface area contributed by atoms with Gasteiger partial charge in [0.05, 0.1) is 0 Å². The van der Waals surface area contributed by atoms with Crippen molar-refractivity contribution in [3.8, 4) is 0 Å². The van der Waals surface area contributed by atoms with Crippen molar-refractivity contribution in [2.75, 3.05) is 0 Å². The molecular weight excluding hydrogens is 136 g/mol. The number of ketones is 1. The summed E-state index contributed by atoms with van der Waals surface area (Å²) in [7, 11) is 0. The molecule has 0 aromatic heterocycles. The maximum atomic E-state index is 10.5. The molecule has 0 bridgehead atoms. The van der Waals surface area contributed by atoms with Crippen LogP contribution >= 0.6 is 0 Å². The average molecular weight is 148 g/mol. The molecule has 0 saturated carbocycles. The van der Waals surface area contributed by atoms with Gasteiger partial charge in [0.25, 0.3) is 0 Å². The number of hydrogen-bond donors (Lipinski definition) is 3. The molecule has 0 aliphatic rings. The van der Waals surface area contributed by atoms with E-state index in [1.807, 2.05) is 6.92 Å². The lowest BCUT2D eigenvalue weighted by Gasteiger charge is -2.10. The summed E-state index contributed by atoms with van der Waals surface area (Å²) in [5.74, 6) is -4.08. The van der Waals surface area contributed by atoms with E-state index in [1.54, 1.807) is 0 Å². The number of rotatable bonds is 4. The molecule has 0 radical (unpaired) electrons. The van der Waals surface area contributed by atoms with Gasteiger partial charge in [-0.3, -0.25) is 4.79 Å². The quantitative estimate of drug-likeness (QED) is 0.464. The molecule has 0 aliphatic carbocycles. The molecular formula is C6H12O4. The Kier molecular flexibility index (Phi) is 3.49. The Morgan fingerprint density at radius 1 is 1.40 bits per heavy atom. The van der Waals surface area contributed by atoms with E-state index in [0.717, 1.165) is 6.42 Å². The van der Waals surface area contributed by atoms with Crippen molar-refractivity contribution < 1.29 is 20.1 Å². The van der Waals surface area contributed by atoms with E-state index in [1.165, 1.54) is 0 Å². The van der Waals surface area contributed by atoms with Crippen molar-refractivity contribution in [2.45, 2.75) is 32.2 Å². The molecule has 0 unspecified atom stereocenters. The second-order valence-electron chi connectivity index (χ2n) is 2.16. The number of aliphatic hydroxyl groups is 3. The Morgan fingerprint density at radius 2 is 1.90 bits per heavy atom. The van der Waals surface area contributed by atoms with Crippen molar-refractivity contribution in [3.05, 3.63) is 0 Å². The Morgan fingerprint density at radius 3 is 2.20 bits per heavy atom. The van der Waals surface area contributed by atoms with Gasteiger partial charge in [-0.2, -0.15) is 0 Å². The molecule has 0 amide bonds. The smallest absolute Gasteiger partial charge is 0.337 e. The molecule has 0 fully saturated rings. The highest BCUT2D eigenvalue weighted by Crippen LogP contribution is 2.03. The Labute approximate surface area is 59.1 Å². The van der Waals surface area contributed by atoms with E-state index < -0.39 is 11.8 Å². The van der Waals surface area contributed by atoms with Gasteiger partial charge in [0.15, 0.2) is 0 Å². The number of hydrogen-bond acceptors (Lipinski definition) is 4. The molecule has 0 rings (SSSR count). The van der Waals surface area contributed by atoms with Crippen molar-refractivity contribution in [1.82, 2.24) is 0 Å². The molecule has 0 saturated heterocycles. The van der Waals surface area contributed by atoms with Crippen molar-refractivity contribution in [2.24, 2.45) is 0 Å². The highest BCUT2D eigenvalue weighted by Gasteiger charge is 2.28. The first-order valence-electron chi connectivity index (χ1n) is 3.19. The molecule has 60 valence electrons. The number of Topliss-reactive ketones (excluding diaryl/α,β-unsaturated/α-hetero) is 1.